The second-order valence-electron chi connectivity index (χ2n) is 5.76. The van der Waals surface area contributed by atoms with E-state index in [1.807, 2.05) is 29.0 Å². The van der Waals surface area contributed by atoms with E-state index in [0.717, 1.165) is 10.5 Å². The Hall–Kier alpha value is -2.38. The molecule has 6 nitrogen and oxygen atoms in total. The van der Waals surface area contributed by atoms with Crippen molar-refractivity contribution in [3.63, 3.8) is 0 Å². The second-order valence-corrected chi connectivity index (χ2v) is 6.54. The summed E-state index contributed by atoms with van der Waals surface area (Å²) in [5.41, 5.74) is -0.347. The number of amides is 3. The van der Waals surface area contributed by atoms with E-state index in [0.29, 0.717) is 5.75 Å². The third kappa shape index (κ3) is 3.13. The molecule has 2 heterocycles. The molecule has 1 aliphatic heterocycles. The van der Waals surface area contributed by atoms with Crippen LogP contribution in [0, 0.1) is 0 Å². The van der Waals surface area contributed by atoms with E-state index in [2.05, 4.69) is 5.32 Å². The molecule has 2 atom stereocenters. The van der Waals surface area contributed by atoms with Crippen molar-refractivity contribution in [3.8, 4) is 5.75 Å². The van der Waals surface area contributed by atoms with Gasteiger partial charge in [0, 0.05) is 0 Å². The number of rotatable bonds is 6. The fourth-order valence-corrected chi connectivity index (χ4v) is 3.34. The summed E-state index contributed by atoms with van der Waals surface area (Å²) in [6.07, 6.45) is -0.968. The molecule has 0 unspecified atom stereocenters. The molecule has 0 bridgehead atoms. The number of β-amino-alcohol motifs (C(OH)–C–C–N with tert-alkyl or cyclic N) is 1. The van der Waals surface area contributed by atoms with E-state index < -0.39 is 17.7 Å². The molecular formula is C17H18N2O4S. The molecule has 24 heavy (non-hydrogen) atoms. The Morgan fingerprint density at radius 2 is 2.04 bits per heavy atom. The Bertz CT molecular complexity index is 719. The fourth-order valence-electron chi connectivity index (χ4n) is 2.58. The van der Waals surface area contributed by atoms with Crippen molar-refractivity contribution in [1.82, 2.24) is 10.2 Å². The summed E-state index contributed by atoms with van der Waals surface area (Å²) in [5, 5.41) is 16.5. The van der Waals surface area contributed by atoms with Gasteiger partial charge in [0.25, 0.3) is 5.91 Å². The molecular weight excluding hydrogens is 328 g/mol. The van der Waals surface area contributed by atoms with Crippen LogP contribution in [-0.2, 0) is 10.3 Å². The molecule has 126 valence electrons. The minimum atomic E-state index is -1.09. The number of carbonyl (C=O) groups is 2. The predicted molar refractivity (Wildman–Crippen MR) is 89.9 cm³/mol. The third-order valence-electron chi connectivity index (χ3n) is 3.95. The van der Waals surface area contributed by atoms with Crippen LogP contribution in [0.5, 0.6) is 5.75 Å². The Kier molecular flexibility index (Phi) is 4.55. The highest BCUT2D eigenvalue weighted by Gasteiger charge is 2.49. The first kappa shape index (κ1) is 16.5. The summed E-state index contributed by atoms with van der Waals surface area (Å²) in [4.78, 5) is 25.8. The van der Waals surface area contributed by atoms with Crippen LogP contribution in [0.3, 0.4) is 0 Å². The van der Waals surface area contributed by atoms with Gasteiger partial charge in [0.2, 0.25) is 0 Å². The van der Waals surface area contributed by atoms with Gasteiger partial charge in [0.05, 0.1) is 6.54 Å². The lowest BCUT2D eigenvalue weighted by Crippen LogP contribution is -2.42. The molecule has 7 heteroatoms. The van der Waals surface area contributed by atoms with E-state index >= 15 is 0 Å². The number of nitrogens with one attached hydrogen (secondary N) is 1. The highest BCUT2D eigenvalue weighted by atomic mass is 32.1. The van der Waals surface area contributed by atoms with Gasteiger partial charge in [-0.05, 0) is 41.4 Å². The molecule has 1 saturated heterocycles. The average molecular weight is 346 g/mol. The van der Waals surface area contributed by atoms with E-state index in [-0.39, 0.29) is 19.1 Å². The van der Waals surface area contributed by atoms with E-state index in [9.17, 15) is 14.7 Å². The van der Waals surface area contributed by atoms with Crippen LogP contribution < -0.4 is 10.1 Å². The first-order valence-corrected chi connectivity index (χ1v) is 8.47. The van der Waals surface area contributed by atoms with E-state index in [1.165, 1.54) is 11.3 Å². The summed E-state index contributed by atoms with van der Waals surface area (Å²) in [6.45, 7) is 1.55. The van der Waals surface area contributed by atoms with Crippen molar-refractivity contribution in [3.05, 3.63) is 52.7 Å². The van der Waals surface area contributed by atoms with E-state index in [1.54, 1.807) is 25.1 Å². The van der Waals surface area contributed by atoms with Gasteiger partial charge >= 0.3 is 6.03 Å². The largest absolute Gasteiger partial charge is 0.491 e. The first-order valence-electron chi connectivity index (χ1n) is 7.53. The van der Waals surface area contributed by atoms with Crippen LogP contribution in [0.15, 0.2) is 47.2 Å². The molecule has 2 N–H and O–H groups in total. The number of hydrogen-bond donors (Lipinski definition) is 2. The molecule has 0 aliphatic carbocycles. The summed E-state index contributed by atoms with van der Waals surface area (Å²) in [7, 11) is 0. The van der Waals surface area contributed by atoms with Crippen molar-refractivity contribution in [2.75, 3.05) is 13.2 Å². The van der Waals surface area contributed by atoms with Gasteiger partial charge in [-0.3, -0.25) is 9.69 Å². The summed E-state index contributed by atoms with van der Waals surface area (Å²) >= 11 is 1.46. The number of benzene rings is 1. The number of thiophene rings is 1. The molecule has 0 radical (unpaired) electrons. The quantitative estimate of drug-likeness (QED) is 0.784. The van der Waals surface area contributed by atoms with Gasteiger partial charge in [0.1, 0.15) is 24.0 Å². The zero-order chi connectivity index (χ0) is 17.2. The molecule has 3 rings (SSSR count). The van der Waals surface area contributed by atoms with Crippen molar-refractivity contribution >= 4 is 23.3 Å². The minimum absolute atomic E-state index is 0.00373. The maximum atomic E-state index is 12.6. The number of imide groups is 1. The van der Waals surface area contributed by atoms with Crippen LogP contribution in [0.1, 0.15) is 12.5 Å². The maximum absolute atomic E-state index is 12.6. The zero-order valence-corrected chi connectivity index (χ0v) is 14.0. The monoisotopic (exact) mass is 346 g/mol. The lowest BCUT2D eigenvalue weighted by molar-refractivity contribution is -0.132. The minimum Gasteiger partial charge on any atom is -0.491 e. The first-order chi connectivity index (χ1) is 11.5. The van der Waals surface area contributed by atoms with Crippen LogP contribution >= 0.6 is 11.3 Å². The SMILES string of the molecule is C[C@]1(c2ccsc2)NC(=O)N(C[C@@H](O)COc2ccccc2)C1=O. The normalized spacial score (nSPS) is 21.7. The zero-order valence-electron chi connectivity index (χ0n) is 13.1. The fraction of sp³-hybridized carbons (Fsp3) is 0.294. The smallest absolute Gasteiger partial charge is 0.325 e. The van der Waals surface area contributed by atoms with Crippen LogP contribution in [0.25, 0.3) is 0 Å². The number of para-hydroxylation sites is 1. The lowest BCUT2D eigenvalue weighted by atomic mass is 9.95. The van der Waals surface area contributed by atoms with Gasteiger partial charge in [-0.2, -0.15) is 11.3 Å². The van der Waals surface area contributed by atoms with Gasteiger partial charge in [-0.25, -0.2) is 4.79 Å². The van der Waals surface area contributed by atoms with Gasteiger partial charge in [-0.1, -0.05) is 18.2 Å². The summed E-state index contributed by atoms with van der Waals surface area (Å²) in [5.74, 6) is 0.251. The maximum Gasteiger partial charge on any atom is 0.325 e. The number of aliphatic hydroxyl groups is 1. The third-order valence-corrected chi connectivity index (χ3v) is 4.64. The molecule has 1 aromatic carbocycles. The Morgan fingerprint density at radius 3 is 2.71 bits per heavy atom. The van der Waals surface area contributed by atoms with Crippen LogP contribution in [-0.4, -0.2) is 41.2 Å². The van der Waals surface area contributed by atoms with Crippen LogP contribution in [0.4, 0.5) is 4.79 Å². The molecule has 3 amide bonds. The van der Waals surface area contributed by atoms with Crippen LogP contribution in [0.2, 0.25) is 0 Å². The molecule has 0 saturated carbocycles. The number of aliphatic hydroxyl groups excluding tert-OH is 1. The molecule has 1 aliphatic rings. The lowest BCUT2D eigenvalue weighted by Gasteiger charge is -2.22. The van der Waals surface area contributed by atoms with Crippen molar-refractivity contribution < 1.29 is 19.4 Å². The highest BCUT2D eigenvalue weighted by molar-refractivity contribution is 7.08. The number of nitrogens with zero attached hydrogens (tertiary/aromatic N) is 1. The average Bonchev–Trinajstić information content (AvgIpc) is 3.19. The predicted octanol–water partition coefficient (Wildman–Crippen LogP) is 1.95. The number of carbonyl (C=O) groups excluding carboxylic acids is 2. The molecule has 0 spiro atoms. The van der Waals surface area contributed by atoms with Crippen molar-refractivity contribution in [2.24, 2.45) is 0 Å². The summed E-state index contributed by atoms with van der Waals surface area (Å²) in [6, 6.07) is 10.4. The molecule has 1 fully saturated rings. The Labute approximate surface area is 143 Å². The van der Waals surface area contributed by atoms with Gasteiger partial charge in [-0.15, -0.1) is 0 Å². The van der Waals surface area contributed by atoms with Crippen molar-refractivity contribution in [2.45, 2.75) is 18.6 Å². The number of hydrogen-bond acceptors (Lipinski definition) is 5. The van der Waals surface area contributed by atoms with Gasteiger partial charge < -0.3 is 15.2 Å². The van der Waals surface area contributed by atoms with Crippen molar-refractivity contribution in [1.29, 1.82) is 0 Å². The Balaban J connectivity index is 1.62. The molecule has 1 aromatic heterocycles. The Morgan fingerprint density at radius 1 is 1.29 bits per heavy atom. The standard InChI is InChI=1S/C17H18N2O4S/c1-17(12-7-8-24-11-12)15(21)19(16(22)18-17)9-13(20)10-23-14-5-3-2-4-6-14/h2-8,11,13,20H,9-10H2,1H3,(H,18,22)/t13-,17-/m1/s1. The number of ether oxygens (including phenoxy) is 1. The summed E-state index contributed by atoms with van der Waals surface area (Å²) < 4.78 is 5.45. The van der Waals surface area contributed by atoms with E-state index in [4.69, 9.17) is 4.74 Å². The number of urea groups is 1. The highest BCUT2D eigenvalue weighted by Crippen LogP contribution is 2.30. The topological polar surface area (TPSA) is 78.9 Å². The second kappa shape index (κ2) is 6.62. The van der Waals surface area contributed by atoms with Gasteiger partial charge in [0.15, 0.2) is 0 Å². The molecule has 2 aromatic rings.